The van der Waals surface area contributed by atoms with Crippen molar-refractivity contribution in [3.8, 4) is 0 Å². The zero-order valence-electron chi connectivity index (χ0n) is 10.0. The van der Waals surface area contributed by atoms with Gasteiger partial charge in [0.1, 0.15) is 0 Å². The number of carbonyl (C=O) groups is 1. The molecule has 2 aromatic rings. The summed E-state index contributed by atoms with van der Waals surface area (Å²) in [6.07, 6.45) is -0.516. The molecule has 0 spiro atoms. The summed E-state index contributed by atoms with van der Waals surface area (Å²) in [4.78, 5) is 11.2. The Morgan fingerprint density at radius 3 is 2.83 bits per heavy atom. The Morgan fingerprint density at radius 1 is 1.28 bits per heavy atom. The maximum absolute atomic E-state index is 11.2. The van der Waals surface area contributed by atoms with Gasteiger partial charge in [-0.3, -0.25) is 0 Å². The molecule has 0 N–H and O–H groups in total. The summed E-state index contributed by atoms with van der Waals surface area (Å²) in [6.45, 7) is 2.44. The van der Waals surface area contributed by atoms with Gasteiger partial charge in [-0.05, 0) is 39.2 Å². The van der Waals surface area contributed by atoms with Crippen LogP contribution in [0, 0.1) is 0 Å². The van der Waals surface area contributed by atoms with Gasteiger partial charge in [0.2, 0.25) is 0 Å². The van der Waals surface area contributed by atoms with Gasteiger partial charge in [0, 0.05) is 4.47 Å². The molecule has 0 aliphatic carbocycles. The largest absolute Gasteiger partial charge is 0.448 e. The zero-order chi connectivity index (χ0) is 13.0. The minimum atomic E-state index is -0.516. The number of rotatable bonds is 3. The summed E-state index contributed by atoms with van der Waals surface area (Å²) in [5.74, 6) is 0. The lowest BCUT2D eigenvalue weighted by molar-refractivity contribution is 0.150. The monoisotopic (exact) mass is 306 g/mol. The molecule has 1 radical (unpaired) electrons. The fourth-order valence-corrected chi connectivity index (χ4v) is 2.34. The van der Waals surface area contributed by atoms with E-state index in [0.717, 1.165) is 20.8 Å². The van der Waals surface area contributed by atoms with Crippen molar-refractivity contribution in [1.82, 2.24) is 5.32 Å². The predicted molar refractivity (Wildman–Crippen MR) is 74.5 cm³/mol. The highest BCUT2D eigenvalue weighted by atomic mass is 79.9. The van der Waals surface area contributed by atoms with Gasteiger partial charge >= 0.3 is 6.09 Å². The molecule has 0 bridgehead atoms. The van der Waals surface area contributed by atoms with Crippen molar-refractivity contribution < 1.29 is 9.53 Å². The second-order valence-corrected chi connectivity index (χ2v) is 4.57. The number of fused-ring (bicyclic) bond motifs is 1. The van der Waals surface area contributed by atoms with E-state index in [9.17, 15) is 4.79 Å². The molecular formula is C14H13BrNO2. The van der Waals surface area contributed by atoms with Crippen LogP contribution in [0.2, 0.25) is 0 Å². The molecule has 0 atom stereocenters. The zero-order valence-corrected chi connectivity index (χ0v) is 11.6. The molecule has 2 aromatic carbocycles. The van der Waals surface area contributed by atoms with E-state index in [1.807, 2.05) is 36.4 Å². The highest BCUT2D eigenvalue weighted by Gasteiger charge is 2.08. The van der Waals surface area contributed by atoms with Gasteiger partial charge < -0.3 is 4.74 Å². The Balaban J connectivity index is 2.19. The number of amides is 1. The van der Waals surface area contributed by atoms with Crippen LogP contribution in [0.5, 0.6) is 0 Å². The van der Waals surface area contributed by atoms with E-state index in [2.05, 4.69) is 21.2 Å². The first-order valence-corrected chi connectivity index (χ1v) is 6.52. The fourth-order valence-electron chi connectivity index (χ4n) is 1.72. The number of carbonyl (C=O) groups excluding carboxylic acids is 1. The molecule has 0 unspecified atom stereocenters. The third kappa shape index (κ3) is 2.82. The van der Waals surface area contributed by atoms with Crippen LogP contribution in [0.25, 0.3) is 10.8 Å². The van der Waals surface area contributed by atoms with Crippen molar-refractivity contribution in [3.63, 3.8) is 0 Å². The summed E-state index contributed by atoms with van der Waals surface area (Å²) in [7, 11) is 0. The molecule has 18 heavy (non-hydrogen) atoms. The Bertz CT molecular complexity index is 569. The molecule has 0 aliphatic rings. The van der Waals surface area contributed by atoms with Gasteiger partial charge in [0.25, 0.3) is 0 Å². The summed E-state index contributed by atoms with van der Waals surface area (Å²) in [5, 5.41) is 6.14. The number of halogens is 1. The van der Waals surface area contributed by atoms with Crippen LogP contribution in [0.15, 0.2) is 40.9 Å². The van der Waals surface area contributed by atoms with Crippen LogP contribution in [0.4, 0.5) is 4.79 Å². The van der Waals surface area contributed by atoms with E-state index in [-0.39, 0.29) is 0 Å². The molecule has 0 saturated carbocycles. The van der Waals surface area contributed by atoms with Gasteiger partial charge in [-0.2, -0.15) is 0 Å². The van der Waals surface area contributed by atoms with Crippen LogP contribution >= 0.6 is 15.9 Å². The normalized spacial score (nSPS) is 10.3. The van der Waals surface area contributed by atoms with E-state index < -0.39 is 6.09 Å². The van der Waals surface area contributed by atoms with Crippen LogP contribution in [-0.4, -0.2) is 12.7 Å². The molecule has 93 valence electrons. The lowest BCUT2D eigenvalue weighted by atomic mass is 10.1. The summed E-state index contributed by atoms with van der Waals surface area (Å²) in [5.41, 5.74) is 0.974. The number of hydrogen-bond donors (Lipinski definition) is 0. The smallest absolute Gasteiger partial charge is 0.429 e. The molecule has 4 heteroatoms. The highest BCUT2D eigenvalue weighted by Crippen LogP contribution is 2.27. The Labute approximate surface area is 114 Å². The topological polar surface area (TPSA) is 40.4 Å². The summed E-state index contributed by atoms with van der Waals surface area (Å²) in [6, 6.07) is 12.1. The average Bonchev–Trinajstić information content (AvgIpc) is 2.39. The molecule has 1 amide bonds. The van der Waals surface area contributed by atoms with Gasteiger partial charge in [-0.15, -0.1) is 0 Å². The molecular weight excluding hydrogens is 294 g/mol. The third-order valence-corrected chi connectivity index (χ3v) is 3.53. The van der Waals surface area contributed by atoms with Crippen LogP contribution in [0.1, 0.15) is 12.5 Å². The molecule has 3 nitrogen and oxygen atoms in total. The highest BCUT2D eigenvalue weighted by molar-refractivity contribution is 9.10. The second kappa shape index (κ2) is 5.87. The molecule has 0 fully saturated rings. The van der Waals surface area contributed by atoms with Gasteiger partial charge in [0.15, 0.2) is 0 Å². The minimum Gasteiger partial charge on any atom is -0.448 e. The first-order chi connectivity index (χ1) is 8.72. The maximum Gasteiger partial charge on any atom is 0.429 e. The molecule has 0 aromatic heterocycles. The van der Waals surface area contributed by atoms with E-state index >= 15 is 0 Å². The van der Waals surface area contributed by atoms with Crippen molar-refractivity contribution in [3.05, 3.63) is 46.4 Å². The SMILES string of the molecule is CCOC(=O)[N]Cc1ccc2ccccc2c1Br. The van der Waals surface area contributed by atoms with E-state index in [1.54, 1.807) is 6.92 Å². The van der Waals surface area contributed by atoms with Gasteiger partial charge in [-0.25, -0.2) is 10.1 Å². The second-order valence-electron chi connectivity index (χ2n) is 3.77. The standard InChI is InChI=1S/C14H13BrNO2/c1-2-18-14(17)16-9-11-8-7-10-5-3-4-6-12(10)13(11)15/h3-8H,2,9H2,1H3. The van der Waals surface area contributed by atoms with E-state index in [4.69, 9.17) is 4.74 Å². The van der Waals surface area contributed by atoms with Crippen LogP contribution < -0.4 is 5.32 Å². The van der Waals surface area contributed by atoms with Crippen molar-refractivity contribution in [2.75, 3.05) is 6.61 Å². The minimum absolute atomic E-state index is 0.324. The molecule has 0 aliphatic heterocycles. The number of benzene rings is 2. The van der Waals surface area contributed by atoms with Gasteiger partial charge in [-0.1, -0.05) is 36.4 Å². The Morgan fingerprint density at radius 2 is 2.06 bits per heavy atom. The number of hydrogen-bond acceptors (Lipinski definition) is 2. The van der Waals surface area contributed by atoms with Crippen molar-refractivity contribution in [2.45, 2.75) is 13.5 Å². The first-order valence-electron chi connectivity index (χ1n) is 5.72. The van der Waals surface area contributed by atoms with E-state index in [1.165, 1.54) is 0 Å². The molecule has 0 heterocycles. The number of ether oxygens (including phenoxy) is 1. The quantitative estimate of drug-likeness (QED) is 0.864. The molecule has 2 rings (SSSR count). The predicted octanol–water partition coefficient (Wildman–Crippen LogP) is 3.86. The third-order valence-electron chi connectivity index (χ3n) is 2.59. The summed E-state index contributed by atoms with van der Waals surface area (Å²) >= 11 is 3.56. The first kappa shape index (κ1) is 12.9. The Kier molecular flexibility index (Phi) is 4.20. The van der Waals surface area contributed by atoms with Crippen LogP contribution in [-0.2, 0) is 11.3 Å². The van der Waals surface area contributed by atoms with E-state index in [0.29, 0.717) is 13.2 Å². The maximum atomic E-state index is 11.2. The summed E-state index contributed by atoms with van der Waals surface area (Å²) < 4.78 is 5.75. The Hall–Kier alpha value is -1.55. The lowest BCUT2D eigenvalue weighted by Gasteiger charge is -2.07. The van der Waals surface area contributed by atoms with Crippen molar-refractivity contribution >= 4 is 32.8 Å². The fraction of sp³-hybridized carbons (Fsp3) is 0.214. The molecule has 0 saturated heterocycles. The lowest BCUT2D eigenvalue weighted by Crippen LogP contribution is -2.16. The number of nitrogens with zero attached hydrogens (tertiary/aromatic N) is 1. The van der Waals surface area contributed by atoms with Crippen LogP contribution in [0.3, 0.4) is 0 Å². The van der Waals surface area contributed by atoms with Gasteiger partial charge in [0.05, 0.1) is 13.2 Å². The van der Waals surface area contributed by atoms with Crippen molar-refractivity contribution in [2.24, 2.45) is 0 Å². The average molecular weight is 307 g/mol. The van der Waals surface area contributed by atoms with Crippen molar-refractivity contribution in [1.29, 1.82) is 0 Å².